The molecule has 1 saturated heterocycles. The van der Waals surface area contributed by atoms with E-state index in [-0.39, 0.29) is 33.3 Å². The zero-order valence-corrected chi connectivity index (χ0v) is 33.4. The molecule has 3 aliphatic heterocycles. The summed E-state index contributed by atoms with van der Waals surface area (Å²) in [7, 11) is 4.26. The lowest BCUT2D eigenvalue weighted by molar-refractivity contribution is -0.133. The van der Waals surface area contributed by atoms with Gasteiger partial charge in [0.25, 0.3) is 11.8 Å². The molecular formula is C47H48N4O2S. The van der Waals surface area contributed by atoms with E-state index < -0.39 is 0 Å². The normalized spacial score (nSPS) is 22.4. The van der Waals surface area contributed by atoms with Crippen molar-refractivity contribution in [2.24, 2.45) is 0 Å². The Labute approximate surface area is 324 Å². The summed E-state index contributed by atoms with van der Waals surface area (Å²) in [5.41, 5.74) is 9.73. The second kappa shape index (κ2) is 12.9. The van der Waals surface area contributed by atoms with E-state index in [2.05, 4.69) is 149 Å². The van der Waals surface area contributed by atoms with Gasteiger partial charge < -0.3 is 9.80 Å². The molecule has 4 aromatic rings. The zero-order valence-electron chi connectivity index (χ0n) is 32.6. The monoisotopic (exact) mass is 732 g/mol. The minimum Gasteiger partial charge on any atom is -0.347 e. The highest BCUT2D eigenvalue weighted by molar-refractivity contribution is 7.80. The van der Waals surface area contributed by atoms with Gasteiger partial charge in [-0.05, 0) is 113 Å². The van der Waals surface area contributed by atoms with Gasteiger partial charge in [0, 0.05) is 60.8 Å². The second-order valence-corrected chi connectivity index (χ2v) is 16.2. The van der Waals surface area contributed by atoms with Gasteiger partial charge in [0.2, 0.25) is 0 Å². The van der Waals surface area contributed by atoms with Crippen LogP contribution in [0.1, 0.15) is 65.5 Å². The van der Waals surface area contributed by atoms with E-state index in [1.165, 1.54) is 44.0 Å². The number of rotatable bonds is 4. The largest absolute Gasteiger partial charge is 0.347 e. The van der Waals surface area contributed by atoms with Crippen LogP contribution in [0.2, 0.25) is 0 Å². The van der Waals surface area contributed by atoms with Gasteiger partial charge in [0.15, 0.2) is 5.11 Å². The van der Waals surface area contributed by atoms with Crippen LogP contribution in [0.25, 0.3) is 21.5 Å². The van der Waals surface area contributed by atoms with E-state index in [1.807, 2.05) is 13.8 Å². The predicted molar refractivity (Wildman–Crippen MR) is 227 cm³/mol. The topological polar surface area (TPSA) is 47.1 Å². The van der Waals surface area contributed by atoms with Crippen molar-refractivity contribution in [3.05, 3.63) is 142 Å². The fourth-order valence-corrected chi connectivity index (χ4v) is 10.0. The Morgan fingerprint density at radius 3 is 1.41 bits per heavy atom. The first-order valence-electron chi connectivity index (χ1n) is 19.1. The van der Waals surface area contributed by atoms with Crippen LogP contribution in [-0.4, -0.2) is 53.9 Å². The third-order valence-electron chi connectivity index (χ3n) is 12.2. The number of allylic oxidation sites excluding steroid dienone is 9. The molecule has 0 aromatic heterocycles. The van der Waals surface area contributed by atoms with Gasteiger partial charge >= 0.3 is 0 Å². The summed E-state index contributed by atoms with van der Waals surface area (Å²) in [6, 6.07) is 26.0. The molecular weight excluding hydrogens is 685 g/mol. The Morgan fingerprint density at radius 2 is 1.00 bits per heavy atom. The predicted octanol–water partition coefficient (Wildman–Crippen LogP) is 9.85. The molecule has 274 valence electrons. The molecule has 0 spiro atoms. The number of fused-ring (bicyclic) bond motifs is 6. The Morgan fingerprint density at radius 1 is 0.593 bits per heavy atom. The average Bonchev–Trinajstić information content (AvgIpc) is 3.70. The van der Waals surface area contributed by atoms with E-state index >= 15 is 0 Å². The summed E-state index contributed by atoms with van der Waals surface area (Å²) in [5, 5.41) is 5.24. The minimum atomic E-state index is -0.319. The van der Waals surface area contributed by atoms with Crippen molar-refractivity contribution in [2.45, 2.75) is 65.2 Å². The lowest BCUT2D eigenvalue weighted by atomic mass is 9.81. The number of carbonyl (C=O) groups excluding carboxylic acids is 2. The van der Waals surface area contributed by atoms with Crippen LogP contribution in [-0.2, 0) is 20.4 Å². The van der Waals surface area contributed by atoms with Crippen LogP contribution in [0.3, 0.4) is 0 Å². The highest BCUT2D eigenvalue weighted by Crippen LogP contribution is 2.52. The molecule has 0 atom stereocenters. The average molecular weight is 733 g/mol. The third kappa shape index (κ3) is 5.15. The van der Waals surface area contributed by atoms with Crippen molar-refractivity contribution in [3.8, 4) is 0 Å². The molecule has 2 amide bonds. The van der Waals surface area contributed by atoms with Crippen LogP contribution < -0.4 is 9.80 Å². The lowest BCUT2D eigenvalue weighted by Crippen LogP contribution is -2.56. The lowest BCUT2D eigenvalue weighted by Gasteiger charge is -2.36. The number of thiocarbonyl (C=S) groups is 1. The summed E-state index contributed by atoms with van der Waals surface area (Å²) in [6.07, 6.45) is 10.2. The van der Waals surface area contributed by atoms with E-state index in [4.69, 9.17) is 12.2 Å². The number of carbonyl (C=O) groups is 2. The molecule has 0 bridgehead atoms. The Balaban J connectivity index is 1.28. The van der Waals surface area contributed by atoms with Crippen molar-refractivity contribution in [1.82, 2.24) is 9.80 Å². The van der Waals surface area contributed by atoms with Crippen molar-refractivity contribution in [3.63, 3.8) is 0 Å². The summed E-state index contributed by atoms with van der Waals surface area (Å²) in [6.45, 7) is 13.7. The standard InChI is InChI=1S/C47H48N4O2S/c1-9-50-43(52)40(44(53)51(10-2)45(50)54)39-31(23-27-37-46(3,4)41-33-17-13-11-15-29(33)21-25-35(41)48(37)7)19-20-32(39)24-28-38-47(5,6)42-34-18-14-12-16-30(34)22-26-36(42)49(38)8/h11-18,21-28H,9-10,19-20H2,1-8H3/b31-23-,32-24+,37-27+,38-28+. The fourth-order valence-electron chi connectivity index (χ4n) is 9.58. The molecule has 7 heteroatoms. The number of hydrogen-bond acceptors (Lipinski definition) is 5. The van der Waals surface area contributed by atoms with Gasteiger partial charge in [-0.3, -0.25) is 19.4 Å². The molecule has 2 fully saturated rings. The highest BCUT2D eigenvalue weighted by Gasteiger charge is 2.44. The van der Waals surface area contributed by atoms with Crippen molar-refractivity contribution in [1.29, 1.82) is 0 Å². The molecule has 4 aliphatic rings. The first-order chi connectivity index (χ1) is 25.8. The molecule has 0 N–H and O–H groups in total. The maximum Gasteiger partial charge on any atom is 0.266 e. The van der Waals surface area contributed by atoms with Crippen LogP contribution in [0.15, 0.2) is 131 Å². The van der Waals surface area contributed by atoms with Crippen LogP contribution in [0.5, 0.6) is 0 Å². The minimum absolute atomic E-state index is 0.209. The SMILES string of the molecule is CCN1C(=O)C(=C2/C(=C\C=C3\N(C)c4ccc5ccccc5c4C3(C)C)CC/C2=C\C=C2\N(C)c3ccc4ccccc4c3C2(C)C)C(=O)N(CC)C1=S. The first kappa shape index (κ1) is 35.7. The van der Waals surface area contributed by atoms with Gasteiger partial charge in [-0.2, -0.15) is 0 Å². The number of amides is 2. The second-order valence-electron chi connectivity index (χ2n) is 15.8. The molecule has 6 nitrogen and oxygen atoms in total. The van der Waals surface area contributed by atoms with Gasteiger partial charge in [-0.15, -0.1) is 0 Å². The quantitative estimate of drug-likeness (QED) is 0.119. The summed E-state index contributed by atoms with van der Waals surface area (Å²) in [5.74, 6) is -0.638. The molecule has 0 unspecified atom stereocenters. The molecule has 0 radical (unpaired) electrons. The maximum atomic E-state index is 14.3. The number of nitrogens with zero attached hydrogens (tertiary/aromatic N) is 4. The number of benzene rings is 4. The van der Waals surface area contributed by atoms with Gasteiger partial charge in [-0.1, -0.05) is 101 Å². The Kier molecular flexibility index (Phi) is 8.57. The molecule has 8 rings (SSSR count). The highest BCUT2D eigenvalue weighted by atomic mass is 32.1. The fraction of sp³-hybridized carbons (Fsp3) is 0.298. The zero-order chi connectivity index (χ0) is 38.3. The van der Waals surface area contributed by atoms with Crippen LogP contribution in [0.4, 0.5) is 11.4 Å². The van der Waals surface area contributed by atoms with Crippen molar-refractivity contribution < 1.29 is 9.59 Å². The van der Waals surface area contributed by atoms with Crippen LogP contribution in [0, 0.1) is 0 Å². The number of anilines is 2. The summed E-state index contributed by atoms with van der Waals surface area (Å²) < 4.78 is 0. The maximum absolute atomic E-state index is 14.3. The van der Waals surface area contributed by atoms with Gasteiger partial charge in [-0.25, -0.2) is 0 Å². The van der Waals surface area contributed by atoms with E-state index in [1.54, 1.807) is 9.80 Å². The smallest absolute Gasteiger partial charge is 0.266 e. The molecule has 3 heterocycles. The van der Waals surface area contributed by atoms with Crippen molar-refractivity contribution >= 4 is 62.1 Å². The van der Waals surface area contributed by atoms with Gasteiger partial charge in [0.1, 0.15) is 5.57 Å². The van der Waals surface area contributed by atoms with E-state index in [0.717, 1.165) is 28.1 Å². The molecule has 1 saturated carbocycles. The summed E-state index contributed by atoms with van der Waals surface area (Å²) >= 11 is 5.68. The summed E-state index contributed by atoms with van der Waals surface area (Å²) in [4.78, 5) is 36.4. The number of likely N-dealkylation sites (N-methyl/N-ethyl adjacent to an activating group) is 4. The van der Waals surface area contributed by atoms with Crippen molar-refractivity contribution in [2.75, 3.05) is 37.0 Å². The Hall–Kier alpha value is -5.27. The number of hydrogen-bond donors (Lipinski definition) is 0. The third-order valence-corrected chi connectivity index (χ3v) is 12.7. The van der Waals surface area contributed by atoms with Gasteiger partial charge in [0.05, 0.1) is 0 Å². The first-order valence-corrected chi connectivity index (χ1v) is 19.5. The Bertz CT molecular complexity index is 2310. The molecule has 1 aliphatic carbocycles. The molecule has 54 heavy (non-hydrogen) atoms. The van der Waals surface area contributed by atoms with E-state index in [9.17, 15) is 9.59 Å². The van der Waals surface area contributed by atoms with E-state index in [0.29, 0.717) is 25.9 Å². The molecule has 4 aromatic carbocycles. The van der Waals surface area contributed by atoms with Crippen LogP contribution >= 0.6 is 12.2 Å².